The molecule has 6 heteroatoms. The first-order chi connectivity index (χ1) is 16.0. The number of piperidine rings is 1. The highest BCUT2D eigenvalue weighted by Crippen LogP contribution is 2.36. The first kappa shape index (κ1) is 22.1. The summed E-state index contributed by atoms with van der Waals surface area (Å²) in [6.45, 7) is 4.12. The normalized spacial score (nSPS) is 19.7. The molecule has 3 aromatic rings. The predicted octanol–water partition coefficient (Wildman–Crippen LogP) is 4.87. The molecule has 2 aliphatic rings. The Bertz CT molecular complexity index is 1030. The maximum Gasteiger partial charge on any atom is 0.123 e. The lowest BCUT2D eigenvalue weighted by molar-refractivity contribution is 0.118. The highest BCUT2D eigenvalue weighted by molar-refractivity contribution is 5.40. The van der Waals surface area contributed by atoms with E-state index in [1.54, 1.807) is 12.1 Å². The Morgan fingerprint density at radius 3 is 1.97 bits per heavy atom. The van der Waals surface area contributed by atoms with Gasteiger partial charge < -0.3 is 0 Å². The third-order valence-electron chi connectivity index (χ3n) is 7.07. The van der Waals surface area contributed by atoms with Gasteiger partial charge >= 0.3 is 0 Å². The van der Waals surface area contributed by atoms with Crippen LogP contribution in [-0.4, -0.2) is 42.1 Å². The quantitative estimate of drug-likeness (QED) is 0.597. The summed E-state index contributed by atoms with van der Waals surface area (Å²) in [5, 5.41) is 3.67. The molecular weight excluding hydrogens is 423 g/mol. The average Bonchev–Trinajstić information content (AvgIpc) is 3.27. The lowest BCUT2D eigenvalue weighted by Gasteiger charge is -2.37. The van der Waals surface area contributed by atoms with Gasteiger partial charge in [-0.2, -0.15) is 0 Å². The number of likely N-dealkylation sites (tertiary alicyclic amines) is 1. The number of nitrogens with one attached hydrogen (secondary N) is 1. The molecule has 0 radical (unpaired) electrons. The first-order valence-corrected chi connectivity index (χ1v) is 11.5. The molecule has 0 spiro atoms. The van der Waals surface area contributed by atoms with E-state index in [1.807, 2.05) is 30.3 Å². The van der Waals surface area contributed by atoms with Gasteiger partial charge in [-0.1, -0.05) is 36.4 Å². The van der Waals surface area contributed by atoms with Crippen molar-refractivity contribution >= 4 is 0 Å². The smallest absolute Gasteiger partial charge is 0.123 e. The van der Waals surface area contributed by atoms with Crippen LogP contribution in [0, 0.1) is 17.5 Å². The van der Waals surface area contributed by atoms with Crippen molar-refractivity contribution in [2.75, 3.05) is 26.3 Å². The van der Waals surface area contributed by atoms with Gasteiger partial charge in [0.15, 0.2) is 0 Å². The van der Waals surface area contributed by atoms with Gasteiger partial charge in [0.05, 0.1) is 5.54 Å². The SMILES string of the molecule is Fc1ccc(C2(c3ccc(F)cc3)CN(C3CCN(Cc4cccc(F)c4)CC3)CN2)cc1. The number of hydrogen-bond acceptors (Lipinski definition) is 3. The van der Waals surface area contributed by atoms with E-state index in [-0.39, 0.29) is 17.5 Å². The molecule has 2 saturated heterocycles. The van der Waals surface area contributed by atoms with Gasteiger partial charge in [0.25, 0.3) is 0 Å². The summed E-state index contributed by atoms with van der Waals surface area (Å²) in [7, 11) is 0. The van der Waals surface area contributed by atoms with Crippen molar-refractivity contribution in [3.63, 3.8) is 0 Å². The molecule has 0 aromatic heterocycles. The monoisotopic (exact) mass is 451 g/mol. The van der Waals surface area contributed by atoms with Crippen molar-refractivity contribution in [2.45, 2.75) is 31.0 Å². The van der Waals surface area contributed by atoms with Gasteiger partial charge in [0.1, 0.15) is 17.5 Å². The van der Waals surface area contributed by atoms with Crippen LogP contribution in [0.4, 0.5) is 13.2 Å². The fourth-order valence-corrected chi connectivity index (χ4v) is 5.27. The molecule has 5 rings (SSSR count). The fraction of sp³-hybridized carbons (Fsp3) is 0.333. The van der Waals surface area contributed by atoms with E-state index in [0.717, 1.165) is 55.7 Å². The topological polar surface area (TPSA) is 18.5 Å². The number of benzene rings is 3. The lowest BCUT2D eigenvalue weighted by atomic mass is 9.83. The van der Waals surface area contributed by atoms with E-state index in [9.17, 15) is 13.2 Å². The number of nitrogens with zero attached hydrogens (tertiary/aromatic N) is 2. The van der Waals surface area contributed by atoms with E-state index in [4.69, 9.17) is 0 Å². The molecule has 2 aliphatic heterocycles. The van der Waals surface area contributed by atoms with Gasteiger partial charge in [-0.25, -0.2) is 13.2 Å². The molecule has 3 nitrogen and oxygen atoms in total. The predicted molar refractivity (Wildman–Crippen MR) is 123 cm³/mol. The van der Waals surface area contributed by atoms with Crippen LogP contribution >= 0.6 is 0 Å². The average molecular weight is 452 g/mol. The van der Waals surface area contributed by atoms with E-state index < -0.39 is 5.54 Å². The number of halogens is 3. The van der Waals surface area contributed by atoms with Crippen LogP contribution in [-0.2, 0) is 12.1 Å². The Hall–Kier alpha value is -2.67. The van der Waals surface area contributed by atoms with Gasteiger partial charge in [0, 0.05) is 25.8 Å². The Kier molecular flexibility index (Phi) is 6.23. The lowest BCUT2D eigenvalue weighted by Crippen LogP contribution is -2.45. The third-order valence-corrected chi connectivity index (χ3v) is 7.07. The number of hydrogen-bond donors (Lipinski definition) is 1. The maximum absolute atomic E-state index is 13.6. The molecule has 0 saturated carbocycles. The Balaban J connectivity index is 1.30. The van der Waals surface area contributed by atoms with Crippen LogP contribution < -0.4 is 5.32 Å². The third kappa shape index (κ3) is 4.69. The van der Waals surface area contributed by atoms with E-state index in [0.29, 0.717) is 12.7 Å². The highest BCUT2D eigenvalue weighted by atomic mass is 19.1. The fourth-order valence-electron chi connectivity index (χ4n) is 5.27. The van der Waals surface area contributed by atoms with Gasteiger partial charge in [-0.15, -0.1) is 0 Å². The maximum atomic E-state index is 13.6. The Morgan fingerprint density at radius 1 is 0.788 bits per heavy atom. The van der Waals surface area contributed by atoms with Crippen LogP contribution in [0.2, 0.25) is 0 Å². The number of rotatable bonds is 5. The van der Waals surface area contributed by atoms with Crippen LogP contribution in [0.3, 0.4) is 0 Å². The molecule has 0 aliphatic carbocycles. The molecular formula is C27H28F3N3. The second-order valence-corrected chi connectivity index (χ2v) is 9.14. The van der Waals surface area contributed by atoms with Crippen molar-refractivity contribution in [1.82, 2.24) is 15.1 Å². The van der Waals surface area contributed by atoms with Crippen molar-refractivity contribution < 1.29 is 13.2 Å². The summed E-state index contributed by atoms with van der Waals surface area (Å²) in [4.78, 5) is 4.83. The molecule has 0 bridgehead atoms. The van der Waals surface area contributed by atoms with Crippen molar-refractivity contribution in [3.8, 4) is 0 Å². The van der Waals surface area contributed by atoms with Crippen molar-refractivity contribution in [2.24, 2.45) is 0 Å². The molecule has 172 valence electrons. The van der Waals surface area contributed by atoms with Gasteiger partial charge in [-0.3, -0.25) is 15.1 Å². The van der Waals surface area contributed by atoms with Crippen LogP contribution in [0.15, 0.2) is 72.8 Å². The second kappa shape index (κ2) is 9.29. The summed E-state index contributed by atoms with van der Waals surface area (Å²) in [5.74, 6) is -0.731. The Labute approximate surface area is 192 Å². The standard InChI is InChI=1S/C27H28F3N3/c28-23-8-4-21(5-9-23)27(22-6-10-24(29)11-7-22)18-33(19-31-27)26-12-14-32(15-13-26)17-20-2-1-3-25(30)16-20/h1-11,16,26,31H,12-15,17-19H2. The van der Waals surface area contributed by atoms with Crippen molar-refractivity contribution in [3.05, 3.63) is 107 Å². The molecule has 0 atom stereocenters. The first-order valence-electron chi connectivity index (χ1n) is 11.5. The minimum Gasteiger partial charge on any atom is -0.299 e. The van der Waals surface area contributed by atoms with Crippen LogP contribution in [0.1, 0.15) is 29.5 Å². The second-order valence-electron chi connectivity index (χ2n) is 9.14. The molecule has 2 heterocycles. The minimum atomic E-state index is -0.514. The molecule has 2 fully saturated rings. The van der Waals surface area contributed by atoms with Crippen LogP contribution in [0.5, 0.6) is 0 Å². The zero-order valence-electron chi connectivity index (χ0n) is 18.5. The molecule has 1 N–H and O–H groups in total. The van der Waals surface area contributed by atoms with Crippen LogP contribution in [0.25, 0.3) is 0 Å². The van der Waals surface area contributed by atoms with E-state index in [1.165, 1.54) is 30.3 Å². The molecule has 33 heavy (non-hydrogen) atoms. The Morgan fingerprint density at radius 2 is 1.39 bits per heavy atom. The molecule has 3 aromatic carbocycles. The summed E-state index contributed by atoms with van der Waals surface area (Å²) < 4.78 is 40.8. The summed E-state index contributed by atoms with van der Waals surface area (Å²) in [5.41, 5.74) is 2.44. The molecule has 0 amide bonds. The zero-order chi connectivity index (χ0) is 22.8. The largest absolute Gasteiger partial charge is 0.299 e. The summed E-state index contributed by atoms with van der Waals surface area (Å²) in [6, 6.07) is 20.4. The molecule has 0 unspecified atom stereocenters. The highest BCUT2D eigenvalue weighted by Gasteiger charge is 2.43. The van der Waals surface area contributed by atoms with Gasteiger partial charge in [-0.05, 0) is 79.0 Å². The summed E-state index contributed by atoms with van der Waals surface area (Å²) >= 11 is 0. The van der Waals surface area contributed by atoms with Gasteiger partial charge in [0.2, 0.25) is 0 Å². The zero-order valence-corrected chi connectivity index (χ0v) is 18.5. The van der Waals surface area contributed by atoms with E-state index >= 15 is 0 Å². The van der Waals surface area contributed by atoms with E-state index in [2.05, 4.69) is 15.1 Å². The summed E-state index contributed by atoms with van der Waals surface area (Å²) in [6.07, 6.45) is 2.06. The minimum absolute atomic E-state index is 0.191. The van der Waals surface area contributed by atoms with Crippen molar-refractivity contribution in [1.29, 1.82) is 0 Å².